The number of ether oxygens (including phenoxy) is 1. The van der Waals surface area contributed by atoms with Crippen LogP contribution in [0.2, 0.25) is 0 Å². The summed E-state index contributed by atoms with van der Waals surface area (Å²) in [7, 11) is 0. The molecule has 2 rings (SSSR count). The lowest BCUT2D eigenvalue weighted by molar-refractivity contribution is -0.127. The van der Waals surface area contributed by atoms with E-state index in [2.05, 4.69) is 4.98 Å². The molecule has 18 heavy (non-hydrogen) atoms. The zero-order valence-electron chi connectivity index (χ0n) is 9.51. The predicted molar refractivity (Wildman–Crippen MR) is 59.0 cm³/mol. The van der Waals surface area contributed by atoms with Crippen LogP contribution in [0.4, 0.5) is 4.39 Å². The predicted octanol–water partition coefficient (Wildman–Crippen LogP) is -0.453. The fourth-order valence-corrected chi connectivity index (χ4v) is 1.78. The van der Waals surface area contributed by atoms with E-state index in [0.717, 1.165) is 0 Å². The number of carbonyl (C=O) groups is 2. The van der Waals surface area contributed by atoms with Crippen molar-refractivity contribution in [2.75, 3.05) is 19.8 Å². The van der Waals surface area contributed by atoms with Crippen LogP contribution in [0, 0.1) is 5.95 Å². The van der Waals surface area contributed by atoms with Gasteiger partial charge in [0.15, 0.2) is 0 Å². The number of carbonyl (C=O) groups excluding carboxylic acids is 2. The van der Waals surface area contributed by atoms with Crippen molar-refractivity contribution in [2.24, 2.45) is 5.73 Å². The van der Waals surface area contributed by atoms with E-state index in [-0.39, 0.29) is 25.3 Å². The molecule has 96 valence electrons. The molecule has 0 saturated carbocycles. The SMILES string of the molecule is NC(=O)C1COCCN1C(=O)c1cccnc1F. The number of nitrogens with zero attached hydrogens (tertiary/aromatic N) is 2. The molecular formula is C11H12FN3O3. The van der Waals surface area contributed by atoms with Gasteiger partial charge in [-0.25, -0.2) is 4.98 Å². The first-order chi connectivity index (χ1) is 8.61. The van der Waals surface area contributed by atoms with Crippen molar-refractivity contribution >= 4 is 11.8 Å². The van der Waals surface area contributed by atoms with Crippen LogP contribution in [0.3, 0.4) is 0 Å². The van der Waals surface area contributed by atoms with Gasteiger partial charge in [-0.3, -0.25) is 9.59 Å². The van der Waals surface area contributed by atoms with Gasteiger partial charge in [-0.05, 0) is 12.1 Å². The molecule has 0 aromatic carbocycles. The molecule has 0 radical (unpaired) electrons. The minimum absolute atomic E-state index is 0.0307. The van der Waals surface area contributed by atoms with Gasteiger partial charge < -0.3 is 15.4 Å². The topological polar surface area (TPSA) is 85.5 Å². The quantitative estimate of drug-likeness (QED) is 0.723. The third-order valence-corrected chi connectivity index (χ3v) is 2.71. The standard InChI is InChI=1S/C11H12FN3O3/c12-9-7(2-1-3-14-9)11(17)15-4-5-18-6-8(15)10(13)16/h1-3,8H,4-6H2,(H2,13,16). The lowest BCUT2D eigenvalue weighted by atomic mass is 10.1. The van der Waals surface area contributed by atoms with Gasteiger partial charge in [0.1, 0.15) is 6.04 Å². The minimum atomic E-state index is -0.870. The molecule has 7 heteroatoms. The number of nitrogens with two attached hydrogens (primary N) is 1. The van der Waals surface area contributed by atoms with Gasteiger partial charge in [0.2, 0.25) is 11.9 Å². The Hall–Kier alpha value is -2.02. The van der Waals surface area contributed by atoms with E-state index in [4.69, 9.17) is 10.5 Å². The number of rotatable bonds is 2. The zero-order valence-corrected chi connectivity index (χ0v) is 9.51. The van der Waals surface area contributed by atoms with Crippen LogP contribution in [0.5, 0.6) is 0 Å². The molecule has 1 aliphatic heterocycles. The Morgan fingerprint density at radius 2 is 2.33 bits per heavy atom. The zero-order chi connectivity index (χ0) is 13.1. The van der Waals surface area contributed by atoms with Gasteiger partial charge in [-0.2, -0.15) is 4.39 Å². The fourth-order valence-electron chi connectivity index (χ4n) is 1.78. The molecule has 1 atom stereocenters. The minimum Gasteiger partial charge on any atom is -0.377 e. The molecule has 6 nitrogen and oxygen atoms in total. The molecule has 2 heterocycles. The van der Waals surface area contributed by atoms with Crippen molar-refractivity contribution in [2.45, 2.75) is 6.04 Å². The molecule has 1 saturated heterocycles. The van der Waals surface area contributed by atoms with E-state index in [0.29, 0.717) is 0 Å². The molecule has 2 N–H and O–H groups in total. The maximum absolute atomic E-state index is 13.4. The van der Waals surface area contributed by atoms with Gasteiger partial charge in [0, 0.05) is 12.7 Å². The molecule has 1 aromatic rings. The van der Waals surface area contributed by atoms with E-state index in [1.165, 1.54) is 23.2 Å². The number of primary amides is 1. The molecule has 1 fully saturated rings. The summed E-state index contributed by atoms with van der Waals surface area (Å²) in [5.41, 5.74) is 5.01. The summed E-state index contributed by atoms with van der Waals surface area (Å²) in [5, 5.41) is 0. The van der Waals surface area contributed by atoms with Crippen LogP contribution in [0.15, 0.2) is 18.3 Å². The van der Waals surface area contributed by atoms with Crippen LogP contribution < -0.4 is 5.73 Å². The third kappa shape index (κ3) is 2.30. The van der Waals surface area contributed by atoms with Crippen LogP contribution in [0.25, 0.3) is 0 Å². The Kier molecular flexibility index (Phi) is 3.52. The number of hydrogen-bond donors (Lipinski definition) is 1. The average Bonchev–Trinajstić information content (AvgIpc) is 2.38. The van der Waals surface area contributed by atoms with Crippen LogP contribution in [0.1, 0.15) is 10.4 Å². The second kappa shape index (κ2) is 5.09. The number of pyridine rings is 1. The molecule has 1 aromatic heterocycles. The lowest BCUT2D eigenvalue weighted by Gasteiger charge is -2.33. The van der Waals surface area contributed by atoms with Crippen LogP contribution in [-0.2, 0) is 9.53 Å². The molecule has 1 unspecified atom stereocenters. The summed E-state index contributed by atoms with van der Waals surface area (Å²) < 4.78 is 18.5. The highest BCUT2D eigenvalue weighted by Gasteiger charge is 2.33. The number of aromatic nitrogens is 1. The normalized spacial score (nSPS) is 19.6. The van der Waals surface area contributed by atoms with E-state index in [1.807, 2.05) is 0 Å². The summed E-state index contributed by atoms with van der Waals surface area (Å²) in [4.78, 5) is 28.0. The van der Waals surface area contributed by atoms with Crippen LogP contribution >= 0.6 is 0 Å². The lowest BCUT2D eigenvalue weighted by Crippen LogP contribution is -2.54. The van der Waals surface area contributed by atoms with Crippen molar-refractivity contribution in [3.8, 4) is 0 Å². The van der Waals surface area contributed by atoms with Gasteiger partial charge >= 0.3 is 0 Å². The second-order valence-corrected chi connectivity index (χ2v) is 3.83. The Labute approximate surface area is 103 Å². The first-order valence-corrected chi connectivity index (χ1v) is 5.40. The number of amides is 2. The Morgan fingerprint density at radius 3 is 3.00 bits per heavy atom. The molecule has 1 aliphatic rings. The van der Waals surface area contributed by atoms with Gasteiger partial charge in [-0.15, -0.1) is 0 Å². The number of halogens is 1. The van der Waals surface area contributed by atoms with Crippen molar-refractivity contribution in [1.29, 1.82) is 0 Å². The Morgan fingerprint density at radius 1 is 1.56 bits per heavy atom. The van der Waals surface area contributed by atoms with Crippen molar-refractivity contribution in [3.05, 3.63) is 29.8 Å². The maximum Gasteiger partial charge on any atom is 0.259 e. The molecular weight excluding hydrogens is 241 g/mol. The van der Waals surface area contributed by atoms with E-state index < -0.39 is 23.8 Å². The van der Waals surface area contributed by atoms with E-state index in [9.17, 15) is 14.0 Å². The monoisotopic (exact) mass is 253 g/mol. The van der Waals surface area contributed by atoms with Gasteiger partial charge in [0.25, 0.3) is 5.91 Å². The summed E-state index contributed by atoms with van der Waals surface area (Å²) in [6, 6.07) is 1.90. The third-order valence-electron chi connectivity index (χ3n) is 2.71. The molecule has 2 amide bonds. The van der Waals surface area contributed by atoms with Crippen LogP contribution in [-0.4, -0.2) is 47.5 Å². The van der Waals surface area contributed by atoms with Gasteiger partial charge in [-0.1, -0.05) is 0 Å². The fraction of sp³-hybridized carbons (Fsp3) is 0.364. The van der Waals surface area contributed by atoms with Crippen molar-refractivity contribution in [1.82, 2.24) is 9.88 Å². The summed E-state index contributed by atoms with van der Waals surface area (Å²) in [5.74, 6) is -2.14. The highest BCUT2D eigenvalue weighted by molar-refractivity contribution is 5.97. The maximum atomic E-state index is 13.4. The Bertz CT molecular complexity index is 480. The van der Waals surface area contributed by atoms with Gasteiger partial charge in [0.05, 0.1) is 18.8 Å². The first kappa shape index (κ1) is 12.4. The van der Waals surface area contributed by atoms with E-state index in [1.54, 1.807) is 0 Å². The second-order valence-electron chi connectivity index (χ2n) is 3.83. The Balaban J connectivity index is 2.27. The van der Waals surface area contributed by atoms with E-state index >= 15 is 0 Å². The summed E-state index contributed by atoms with van der Waals surface area (Å²) >= 11 is 0. The summed E-state index contributed by atoms with van der Waals surface area (Å²) in [6.07, 6.45) is 1.25. The highest BCUT2D eigenvalue weighted by atomic mass is 19.1. The largest absolute Gasteiger partial charge is 0.377 e. The smallest absolute Gasteiger partial charge is 0.259 e. The molecule has 0 spiro atoms. The number of morpholine rings is 1. The molecule has 0 bridgehead atoms. The summed E-state index contributed by atoms with van der Waals surface area (Å²) in [6.45, 7) is 0.515. The molecule has 0 aliphatic carbocycles. The number of hydrogen-bond acceptors (Lipinski definition) is 4. The first-order valence-electron chi connectivity index (χ1n) is 5.40. The van der Waals surface area contributed by atoms with Crippen molar-refractivity contribution in [3.63, 3.8) is 0 Å². The average molecular weight is 253 g/mol. The highest BCUT2D eigenvalue weighted by Crippen LogP contribution is 2.13. The van der Waals surface area contributed by atoms with Crippen molar-refractivity contribution < 1.29 is 18.7 Å².